The summed E-state index contributed by atoms with van der Waals surface area (Å²) in [7, 11) is 0. The molecule has 0 aromatic heterocycles. The van der Waals surface area contributed by atoms with Gasteiger partial charge in [0, 0.05) is 54.7 Å². The summed E-state index contributed by atoms with van der Waals surface area (Å²) in [5.74, 6) is 0.552. The molecule has 0 spiro atoms. The molecule has 0 radical (unpaired) electrons. The van der Waals surface area contributed by atoms with E-state index >= 15 is 0 Å². The first kappa shape index (κ1) is 22.2. The van der Waals surface area contributed by atoms with Gasteiger partial charge in [-0.15, -0.1) is 0 Å². The number of hydrogen-bond donors (Lipinski definition) is 1. The van der Waals surface area contributed by atoms with Gasteiger partial charge in [-0.05, 0) is 61.0 Å². The number of piperazine rings is 1. The molecule has 1 amide bonds. The number of carbonyl (C=O) groups excluding carboxylic acids is 1. The summed E-state index contributed by atoms with van der Waals surface area (Å²) < 4.78 is 5.48. The van der Waals surface area contributed by atoms with Crippen LogP contribution in [0.25, 0.3) is 0 Å². The highest BCUT2D eigenvalue weighted by Crippen LogP contribution is 2.22. The van der Waals surface area contributed by atoms with Crippen LogP contribution in [0.4, 0.5) is 11.4 Å². The van der Waals surface area contributed by atoms with E-state index in [0.717, 1.165) is 43.4 Å². The van der Waals surface area contributed by atoms with Crippen molar-refractivity contribution in [2.75, 3.05) is 43.0 Å². The molecule has 3 aromatic rings. The zero-order valence-electron chi connectivity index (χ0n) is 18.3. The number of rotatable bonds is 7. The molecule has 1 saturated heterocycles. The summed E-state index contributed by atoms with van der Waals surface area (Å²) in [4.78, 5) is 17.4. The van der Waals surface area contributed by atoms with Crippen LogP contribution in [0.15, 0.2) is 72.8 Å². The lowest BCUT2D eigenvalue weighted by Crippen LogP contribution is -2.46. The molecule has 1 N–H and O–H groups in total. The summed E-state index contributed by atoms with van der Waals surface area (Å²) in [6, 6.07) is 23.3. The second-order valence-corrected chi connectivity index (χ2v) is 8.22. The first-order valence-electron chi connectivity index (χ1n) is 11.0. The van der Waals surface area contributed by atoms with Gasteiger partial charge in [0.2, 0.25) is 0 Å². The van der Waals surface area contributed by atoms with Crippen LogP contribution >= 0.6 is 11.6 Å². The Morgan fingerprint density at radius 2 is 1.72 bits per heavy atom. The third-order valence-electron chi connectivity index (χ3n) is 5.62. The third-order valence-corrected chi connectivity index (χ3v) is 5.99. The van der Waals surface area contributed by atoms with Crippen LogP contribution in [0.3, 0.4) is 0 Å². The number of nitrogens with one attached hydrogen (secondary N) is 1. The predicted molar refractivity (Wildman–Crippen MR) is 131 cm³/mol. The SMILES string of the molecule is CCOc1cccc(C(=O)Nc2ccc(N3CCN(Cc4ccccc4Cl)CC3)cc2)c1. The fourth-order valence-corrected chi connectivity index (χ4v) is 4.08. The Morgan fingerprint density at radius 1 is 0.969 bits per heavy atom. The summed E-state index contributed by atoms with van der Waals surface area (Å²) >= 11 is 6.31. The summed E-state index contributed by atoms with van der Waals surface area (Å²) in [5.41, 5.74) is 3.70. The van der Waals surface area contributed by atoms with Crippen LogP contribution in [0.5, 0.6) is 5.75 Å². The van der Waals surface area contributed by atoms with E-state index in [2.05, 4.69) is 33.3 Å². The van der Waals surface area contributed by atoms with Crippen molar-refractivity contribution in [1.29, 1.82) is 0 Å². The normalized spacial score (nSPS) is 14.2. The molecule has 0 saturated carbocycles. The Labute approximate surface area is 194 Å². The Bertz CT molecular complexity index is 1050. The maximum atomic E-state index is 12.6. The van der Waals surface area contributed by atoms with Crippen molar-refractivity contribution in [3.63, 3.8) is 0 Å². The van der Waals surface area contributed by atoms with E-state index in [4.69, 9.17) is 16.3 Å². The van der Waals surface area contributed by atoms with Crippen LogP contribution in [0.1, 0.15) is 22.8 Å². The molecule has 0 aliphatic carbocycles. The number of ether oxygens (including phenoxy) is 1. The maximum Gasteiger partial charge on any atom is 0.255 e. The van der Waals surface area contributed by atoms with Crippen molar-refractivity contribution >= 4 is 28.9 Å². The Balaban J connectivity index is 1.31. The van der Waals surface area contributed by atoms with Crippen molar-refractivity contribution in [1.82, 2.24) is 4.90 Å². The van der Waals surface area contributed by atoms with Gasteiger partial charge in [-0.25, -0.2) is 0 Å². The molecule has 1 heterocycles. The number of carbonyl (C=O) groups is 1. The number of hydrogen-bond acceptors (Lipinski definition) is 4. The standard InChI is InChI=1S/C26H28ClN3O2/c1-2-32-24-8-5-7-20(18-24)26(31)28-22-10-12-23(13-11-22)30-16-14-29(15-17-30)19-21-6-3-4-9-25(21)27/h3-13,18H,2,14-17,19H2,1H3,(H,28,31). The molecular weight excluding hydrogens is 422 g/mol. The Morgan fingerprint density at radius 3 is 2.44 bits per heavy atom. The molecule has 0 unspecified atom stereocenters. The van der Waals surface area contributed by atoms with Crippen molar-refractivity contribution < 1.29 is 9.53 Å². The highest BCUT2D eigenvalue weighted by molar-refractivity contribution is 6.31. The molecule has 166 valence electrons. The average molecular weight is 450 g/mol. The van der Waals surface area contributed by atoms with E-state index < -0.39 is 0 Å². The molecule has 3 aromatic carbocycles. The summed E-state index contributed by atoms with van der Waals surface area (Å²) in [5, 5.41) is 3.79. The lowest BCUT2D eigenvalue weighted by atomic mass is 10.1. The smallest absolute Gasteiger partial charge is 0.255 e. The second kappa shape index (κ2) is 10.5. The molecule has 1 aliphatic heterocycles. The predicted octanol–water partition coefficient (Wildman–Crippen LogP) is 5.31. The van der Waals surface area contributed by atoms with Crippen molar-refractivity contribution in [3.8, 4) is 5.75 Å². The minimum absolute atomic E-state index is 0.146. The first-order chi connectivity index (χ1) is 15.6. The number of amides is 1. The lowest BCUT2D eigenvalue weighted by molar-refractivity contribution is 0.102. The number of benzene rings is 3. The second-order valence-electron chi connectivity index (χ2n) is 7.82. The van der Waals surface area contributed by atoms with Crippen LogP contribution in [-0.2, 0) is 6.54 Å². The van der Waals surface area contributed by atoms with E-state index in [0.29, 0.717) is 17.9 Å². The number of anilines is 2. The van der Waals surface area contributed by atoms with E-state index in [1.54, 1.807) is 12.1 Å². The molecule has 4 rings (SSSR count). The van der Waals surface area contributed by atoms with Gasteiger partial charge in [0.05, 0.1) is 6.61 Å². The minimum atomic E-state index is -0.146. The molecule has 5 nitrogen and oxygen atoms in total. The van der Waals surface area contributed by atoms with E-state index in [1.165, 1.54) is 11.3 Å². The monoisotopic (exact) mass is 449 g/mol. The summed E-state index contributed by atoms with van der Waals surface area (Å²) in [6.45, 7) is 7.26. The van der Waals surface area contributed by atoms with E-state index in [9.17, 15) is 4.79 Å². The number of nitrogens with zero attached hydrogens (tertiary/aromatic N) is 2. The lowest BCUT2D eigenvalue weighted by Gasteiger charge is -2.36. The van der Waals surface area contributed by atoms with Gasteiger partial charge < -0.3 is 15.0 Å². The molecular formula is C26H28ClN3O2. The van der Waals surface area contributed by atoms with Gasteiger partial charge >= 0.3 is 0 Å². The fraction of sp³-hybridized carbons (Fsp3) is 0.269. The highest BCUT2D eigenvalue weighted by atomic mass is 35.5. The zero-order valence-corrected chi connectivity index (χ0v) is 19.0. The molecule has 1 fully saturated rings. The van der Waals surface area contributed by atoms with Crippen LogP contribution in [0.2, 0.25) is 5.02 Å². The van der Waals surface area contributed by atoms with Crippen LogP contribution in [-0.4, -0.2) is 43.6 Å². The number of halogens is 1. The fourth-order valence-electron chi connectivity index (χ4n) is 3.88. The molecule has 32 heavy (non-hydrogen) atoms. The van der Waals surface area contributed by atoms with E-state index in [1.807, 2.05) is 49.4 Å². The molecule has 0 atom stereocenters. The topological polar surface area (TPSA) is 44.8 Å². The molecule has 0 bridgehead atoms. The van der Waals surface area contributed by atoms with Crippen molar-refractivity contribution in [2.45, 2.75) is 13.5 Å². The van der Waals surface area contributed by atoms with Gasteiger partial charge in [0.25, 0.3) is 5.91 Å². The van der Waals surface area contributed by atoms with Crippen molar-refractivity contribution in [3.05, 3.63) is 88.9 Å². The molecule has 1 aliphatic rings. The average Bonchev–Trinajstić information content (AvgIpc) is 2.82. The largest absolute Gasteiger partial charge is 0.494 e. The maximum absolute atomic E-state index is 12.6. The third kappa shape index (κ3) is 5.61. The first-order valence-corrected chi connectivity index (χ1v) is 11.3. The van der Waals surface area contributed by atoms with E-state index in [-0.39, 0.29) is 5.91 Å². The summed E-state index contributed by atoms with van der Waals surface area (Å²) in [6.07, 6.45) is 0. The minimum Gasteiger partial charge on any atom is -0.494 e. The van der Waals surface area contributed by atoms with Gasteiger partial charge in [0.15, 0.2) is 0 Å². The van der Waals surface area contributed by atoms with Crippen LogP contribution < -0.4 is 15.0 Å². The van der Waals surface area contributed by atoms with Gasteiger partial charge in [-0.3, -0.25) is 9.69 Å². The highest BCUT2D eigenvalue weighted by Gasteiger charge is 2.18. The van der Waals surface area contributed by atoms with Gasteiger partial charge in [0.1, 0.15) is 5.75 Å². The van der Waals surface area contributed by atoms with Gasteiger partial charge in [-0.1, -0.05) is 35.9 Å². The Hall–Kier alpha value is -3.02. The van der Waals surface area contributed by atoms with Crippen LogP contribution in [0, 0.1) is 0 Å². The molecule has 6 heteroatoms. The van der Waals surface area contributed by atoms with Gasteiger partial charge in [-0.2, -0.15) is 0 Å². The zero-order chi connectivity index (χ0) is 22.3. The van der Waals surface area contributed by atoms with Crippen molar-refractivity contribution in [2.24, 2.45) is 0 Å². The Kier molecular flexibility index (Phi) is 7.30. The quantitative estimate of drug-likeness (QED) is 0.530.